The highest BCUT2D eigenvalue weighted by Gasteiger charge is 2.30. The predicted octanol–water partition coefficient (Wildman–Crippen LogP) is 7.41. The van der Waals surface area contributed by atoms with Crippen LogP contribution in [0.4, 0.5) is 8.78 Å². The van der Waals surface area contributed by atoms with Crippen molar-refractivity contribution in [1.29, 1.82) is 0 Å². The molecule has 2 N–H and O–H groups in total. The van der Waals surface area contributed by atoms with Crippen LogP contribution < -0.4 is 0 Å². The minimum atomic E-state index is -1.79. The van der Waals surface area contributed by atoms with Gasteiger partial charge in [0.2, 0.25) is 7.59 Å². The van der Waals surface area contributed by atoms with Crippen molar-refractivity contribution in [2.24, 2.45) is 0 Å². The zero-order valence-electron chi connectivity index (χ0n) is 19.3. The van der Waals surface area contributed by atoms with Gasteiger partial charge in [0.25, 0.3) is 0 Å². The number of aromatic amines is 2. The lowest BCUT2D eigenvalue weighted by Gasteiger charge is -2.05. The first kappa shape index (κ1) is 30.5. The molecular weight excluding hydrogens is 635 g/mol. The SMILES string of the molecule is CCOC(=O)c1c(F)ccc2[nH]c(C(Cl)(Cl)Cl)nc12.CCOC(=O)c1c(F)ccc2[nH]c(C(Cl)(Cl)Cl)nc12. The van der Waals surface area contributed by atoms with Gasteiger partial charge in [-0.1, -0.05) is 69.6 Å². The Kier molecular flexibility index (Phi) is 9.60. The summed E-state index contributed by atoms with van der Waals surface area (Å²) in [5.41, 5.74) is 0.336. The maximum Gasteiger partial charge on any atom is 0.343 e. The summed E-state index contributed by atoms with van der Waals surface area (Å²) in [5.74, 6) is -3.10. The number of imidazole rings is 2. The van der Waals surface area contributed by atoms with Gasteiger partial charge in [-0.25, -0.2) is 28.3 Å². The van der Waals surface area contributed by atoms with Gasteiger partial charge in [0, 0.05) is 0 Å². The molecule has 4 rings (SSSR count). The van der Waals surface area contributed by atoms with Crippen LogP contribution in [0, 0.1) is 11.6 Å². The van der Waals surface area contributed by atoms with Crippen LogP contribution in [-0.4, -0.2) is 45.1 Å². The summed E-state index contributed by atoms with van der Waals surface area (Å²) in [5, 5.41) is 0. The molecule has 38 heavy (non-hydrogen) atoms. The van der Waals surface area contributed by atoms with Crippen LogP contribution in [0.5, 0.6) is 0 Å². The van der Waals surface area contributed by atoms with Gasteiger partial charge in [0.05, 0.1) is 24.2 Å². The third-order valence-electron chi connectivity index (χ3n) is 4.70. The van der Waals surface area contributed by atoms with E-state index in [1.54, 1.807) is 13.8 Å². The van der Waals surface area contributed by atoms with Crippen molar-refractivity contribution < 1.29 is 27.8 Å². The fourth-order valence-corrected chi connectivity index (χ4v) is 3.70. The number of carbonyl (C=O) groups is 2. The molecule has 0 radical (unpaired) electrons. The second-order valence-corrected chi connectivity index (χ2v) is 11.8. The first-order chi connectivity index (χ1) is 17.7. The number of nitrogens with one attached hydrogen (secondary N) is 2. The molecule has 2 heterocycles. The second-order valence-electron chi connectivity index (χ2n) is 7.24. The van der Waals surface area contributed by atoms with E-state index in [9.17, 15) is 18.4 Å². The quantitative estimate of drug-likeness (QED) is 0.176. The molecule has 16 heteroatoms. The fourth-order valence-electron chi connectivity index (χ4n) is 3.17. The topological polar surface area (TPSA) is 110 Å². The molecule has 2 aromatic carbocycles. The maximum absolute atomic E-state index is 13.7. The molecule has 0 amide bonds. The van der Waals surface area contributed by atoms with Gasteiger partial charge in [0.15, 0.2) is 11.6 Å². The van der Waals surface area contributed by atoms with Crippen LogP contribution >= 0.6 is 69.6 Å². The number of fused-ring (bicyclic) bond motifs is 2. The summed E-state index contributed by atoms with van der Waals surface area (Å²) < 4.78 is 33.5. The Bertz CT molecular complexity index is 1390. The molecule has 0 unspecified atom stereocenters. The molecule has 0 saturated heterocycles. The second kappa shape index (κ2) is 12.0. The number of esters is 2. The molecule has 0 aliphatic rings. The van der Waals surface area contributed by atoms with E-state index < -0.39 is 31.2 Å². The number of nitrogens with zero attached hydrogens (tertiary/aromatic N) is 2. The molecule has 0 atom stereocenters. The lowest BCUT2D eigenvalue weighted by Crippen LogP contribution is -2.08. The molecule has 0 spiro atoms. The Balaban J connectivity index is 0.000000211. The molecule has 204 valence electrons. The molecule has 0 bridgehead atoms. The number of hydrogen-bond acceptors (Lipinski definition) is 6. The van der Waals surface area contributed by atoms with Crippen LogP contribution in [0.1, 0.15) is 46.2 Å². The monoisotopic (exact) mass is 648 g/mol. The van der Waals surface area contributed by atoms with Crippen LogP contribution in [0.25, 0.3) is 22.1 Å². The average Bonchev–Trinajstić information content (AvgIpc) is 3.44. The lowest BCUT2D eigenvalue weighted by molar-refractivity contribution is 0.0513. The highest BCUT2D eigenvalue weighted by Crippen LogP contribution is 2.38. The Labute approximate surface area is 243 Å². The van der Waals surface area contributed by atoms with E-state index in [0.29, 0.717) is 11.0 Å². The number of rotatable bonds is 4. The number of carbonyl (C=O) groups excluding carboxylic acids is 2. The minimum absolute atomic E-state index is 0.00338. The van der Waals surface area contributed by atoms with Crippen LogP contribution in [0.3, 0.4) is 0 Å². The zero-order chi connectivity index (χ0) is 28.4. The van der Waals surface area contributed by atoms with E-state index in [-0.39, 0.29) is 47.0 Å². The number of halogens is 8. The molecule has 2 aromatic heterocycles. The van der Waals surface area contributed by atoms with Gasteiger partial charge in [-0.2, -0.15) is 0 Å². The van der Waals surface area contributed by atoms with Crippen molar-refractivity contribution >= 4 is 104 Å². The molecule has 8 nitrogen and oxygen atoms in total. The van der Waals surface area contributed by atoms with Gasteiger partial charge in [-0.3, -0.25) is 0 Å². The first-order valence-electron chi connectivity index (χ1n) is 10.5. The van der Waals surface area contributed by atoms with Crippen molar-refractivity contribution in [2.75, 3.05) is 13.2 Å². The van der Waals surface area contributed by atoms with Crippen molar-refractivity contribution in [3.8, 4) is 0 Å². The standard InChI is InChI=1S/2C11H8Cl3FN2O2/c2*1-2-19-9(18)7-5(15)3-4-6-8(7)17-10(16-6)11(12,13)14/h2*3-4H,2H2,1H3,(H,16,17). The van der Waals surface area contributed by atoms with Crippen molar-refractivity contribution in [2.45, 2.75) is 21.4 Å². The van der Waals surface area contributed by atoms with E-state index in [1.807, 2.05) is 0 Å². The third kappa shape index (κ3) is 6.73. The number of ether oxygens (including phenoxy) is 2. The summed E-state index contributed by atoms with van der Waals surface area (Å²) in [6.07, 6.45) is 0. The first-order valence-corrected chi connectivity index (χ1v) is 12.8. The summed E-state index contributed by atoms with van der Waals surface area (Å²) in [7, 11) is 0. The Morgan fingerprint density at radius 2 is 1.08 bits per heavy atom. The molecule has 0 fully saturated rings. The molecule has 0 aliphatic carbocycles. The van der Waals surface area contributed by atoms with E-state index in [2.05, 4.69) is 19.9 Å². The van der Waals surface area contributed by atoms with E-state index in [4.69, 9.17) is 79.1 Å². The highest BCUT2D eigenvalue weighted by atomic mass is 35.6. The third-order valence-corrected chi connectivity index (χ3v) is 5.78. The largest absolute Gasteiger partial charge is 0.462 e. The average molecular weight is 651 g/mol. The van der Waals surface area contributed by atoms with Gasteiger partial charge in [0.1, 0.15) is 33.8 Å². The maximum atomic E-state index is 13.7. The summed E-state index contributed by atoms with van der Waals surface area (Å²) in [4.78, 5) is 36.8. The Morgan fingerprint density at radius 3 is 1.37 bits per heavy atom. The van der Waals surface area contributed by atoms with E-state index >= 15 is 0 Å². The van der Waals surface area contributed by atoms with Gasteiger partial charge >= 0.3 is 11.9 Å². The van der Waals surface area contributed by atoms with Crippen molar-refractivity contribution in [3.05, 3.63) is 58.7 Å². The normalized spacial score (nSPS) is 11.8. The predicted molar refractivity (Wildman–Crippen MR) is 142 cm³/mol. The highest BCUT2D eigenvalue weighted by molar-refractivity contribution is 6.67. The molecule has 0 aliphatic heterocycles. The molecule has 4 aromatic rings. The Hall–Kier alpha value is -2.08. The summed E-state index contributed by atoms with van der Waals surface area (Å²) in [6.45, 7) is 3.48. The van der Waals surface area contributed by atoms with Gasteiger partial charge < -0.3 is 19.4 Å². The van der Waals surface area contributed by atoms with Crippen LogP contribution in [0.2, 0.25) is 0 Å². The molecule has 0 saturated carbocycles. The van der Waals surface area contributed by atoms with Crippen LogP contribution in [0.15, 0.2) is 24.3 Å². The lowest BCUT2D eigenvalue weighted by atomic mass is 10.2. The Morgan fingerprint density at radius 1 is 0.737 bits per heavy atom. The fraction of sp³-hybridized carbons (Fsp3) is 0.273. The number of H-pyrrole nitrogens is 2. The summed E-state index contributed by atoms with van der Waals surface area (Å²) >= 11 is 34.1. The smallest absolute Gasteiger partial charge is 0.343 e. The van der Waals surface area contributed by atoms with E-state index in [0.717, 1.165) is 12.1 Å². The molecular formula is C22H16Cl6F2N4O4. The van der Waals surface area contributed by atoms with Gasteiger partial charge in [-0.05, 0) is 38.1 Å². The van der Waals surface area contributed by atoms with E-state index in [1.165, 1.54) is 12.1 Å². The van der Waals surface area contributed by atoms with Gasteiger partial charge in [-0.15, -0.1) is 0 Å². The van der Waals surface area contributed by atoms with Crippen molar-refractivity contribution in [3.63, 3.8) is 0 Å². The minimum Gasteiger partial charge on any atom is -0.462 e. The van der Waals surface area contributed by atoms with Crippen molar-refractivity contribution in [1.82, 2.24) is 19.9 Å². The number of alkyl halides is 6. The number of aromatic nitrogens is 4. The number of benzene rings is 2. The summed E-state index contributed by atoms with van der Waals surface area (Å²) in [6, 6.07) is 5.05. The van der Waals surface area contributed by atoms with Crippen LogP contribution in [-0.2, 0) is 17.1 Å². The zero-order valence-corrected chi connectivity index (χ0v) is 23.8. The number of hydrogen-bond donors (Lipinski definition) is 2.